The van der Waals surface area contributed by atoms with Gasteiger partial charge in [-0.1, -0.05) is 73.6 Å². The molecular formula is C34H42IrNO2S-. The first kappa shape index (κ1) is 31.2. The quantitative estimate of drug-likeness (QED) is 0.112. The van der Waals surface area contributed by atoms with E-state index in [1.807, 2.05) is 47.6 Å². The first-order valence-corrected chi connectivity index (χ1v) is 14.5. The van der Waals surface area contributed by atoms with Crippen molar-refractivity contribution in [2.24, 2.45) is 10.8 Å². The molecule has 1 radical (unpaired) electrons. The molecule has 2 heterocycles. The van der Waals surface area contributed by atoms with Gasteiger partial charge in [-0.05, 0) is 48.6 Å². The molecule has 4 aromatic rings. The monoisotopic (exact) mass is 722 g/mol. The van der Waals surface area contributed by atoms with Gasteiger partial charge < -0.3 is 5.11 Å². The average molecular weight is 722 g/mol. The average Bonchev–Trinajstić information content (AvgIpc) is 3.45. The summed E-state index contributed by atoms with van der Waals surface area (Å²) in [7, 11) is 0. The van der Waals surface area contributed by atoms with Gasteiger partial charge in [0, 0.05) is 52.8 Å². The number of carbonyl (C=O) groups excluding carboxylic acids is 1. The Kier molecular flexibility index (Phi) is 11.1. The normalized spacial score (nSPS) is 12.8. The minimum atomic E-state index is -0.534. The van der Waals surface area contributed by atoms with Crippen LogP contribution in [0.3, 0.4) is 0 Å². The van der Waals surface area contributed by atoms with Gasteiger partial charge in [0.2, 0.25) is 0 Å². The molecule has 0 atom stereocenters. The van der Waals surface area contributed by atoms with Crippen molar-refractivity contribution in [3.05, 3.63) is 76.8 Å². The Bertz CT molecular complexity index is 1480. The standard InChI is InChI=1S/C19H14NS.C15H28O2.Ir/c1-12-9-13(2)11-14(10-12)18-19-16(7-8-21-19)15-5-3-4-6-17(15)20-18;1-7-14(5,8-2)12(16)11-13(17)15(6,9-3)10-4;/h3-10H,1-2H3;11,16H,7-10H2,1-6H3;/q-1;;/b;12-11-;/i;11D;. The molecule has 0 saturated carbocycles. The van der Waals surface area contributed by atoms with Crippen LogP contribution in [0.1, 0.15) is 79.7 Å². The Morgan fingerprint density at radius 1 is 1.00 bits per heavy atom. The second-order valence-corrected chi connectivity index (χ2v) is 11.6. The second kappa shape index (κ2) is 13.8. The predicted octanol–water partition coefficient (Wildman–Crippen LogP) is 10.2. The van der Waals surface area contributed by atoms with Crippen molar-refractivity contribution in [2.75, 3.05) is 0 Å². The van der Waals surface area contributed by atoms with E-state index in [1.54, 1.807) is 11.3 Å². The van der Waals surface area contributed by atoms with Crippen LogP contribution in [0, 0.1) is 30.7 Å². The summed E-state index contributed by atoms with van der Waals surface area (Å²) in [4.78, 5) is 17.2. The number of para-hydroxylation sites is 1. The number of nitrogens with zero attached hydrogens (tertiary/aromatic N) is 1. The van der Waals surface area contributed by atoms with E-state index in [0.29, 0.717) is 12.8 Å². The van der Waals surface area contributed by atoms with Crippen molar-refractivity contribution in [1.29, 1.82) is 0 Å². The molecule has 3 nitrogen and oxygen atoms in total. The van der Waals surface area contributed by atoms with Gasteiger partial charge in [-0.25, -0.2) is 0 Å². The van der Waals surface area contributed by atoms with Crippen molar-refractivity contribution >= 4 is 38.1 Å². The van der Waals surface area contributed by atoms with E-state index in [-0.39, 0.29) is 37.7 Å². The number of fused-ring (bicyclic) bond motifs is 3. The van der Waals surface area contributed by atoms with Crippen LogP contribution in [-0.2, 0) is 24.9 Å². The summed E-state index contributed by atoms with van der Waals surface area (Å²) in [6, 6.07) is 18.1. The maximum atomic E-state index is 12.3. The third-order valence-corrected chi connectivity index (χ3v) is 9.10. The van der Waals surface area contributed by atoms with Crippen LogP contribution in [0.15, 0.2) is 59.7 Å². The molecule has 4 rings (SSSR count). The van der Waals surface area contributed by atoms with Gasteiger partial charge in [0.25, 0.3) is 0 Å². The molecule has 2 aromatic heterocycles. The van der Waals surface area contributed by atoms with E-state index in [0.717, 1.165) is 35.2 Å². The molecule has 0 spiro atoms. The minimum Gasteiger partial charge on any atom is -0.512 e. The number of thiophene rings is 1. The van der Waals surface area contributed by atoms with Gasteiger partial charge in [-0.3, -0.25) is 9.78 Å². The van der Waals surface area contributed by atoms with Gasteiger partial charge in [0.1, 0.15) is 5.76 Å². The molecule has 211 valence electrons. The van der Waals surface area contributed by atoms with Crippen LogP contribution in [0.2, 0.25) is 0 Å². The molecule has 2 aromatic carbocycles. The fraction of sp³-hybridized carbons (Fsp3) is 0.412. The van der Waals surface area contributed by atoms with Gasteiger partial charge >= 0.3 is 0 Å². The zero-order valence-corrected chi connectivity index (χ0v) is 27.7. The number of carbonyl (C=O) groups is 1. The molecule has 39 heavy (non-hydrogen) atoms. The van der Waals surface area contributed by atoms with E-state index < -0.39 is 10.8 Å². The van der Waals surface area contributed by atoms with Crippen molar-refractivity contribution < 1.29 is 31.4 Å². The van der Waals surface area contributed by atoms with Crippen LogP contribution in [0.5, 0.6) is 0 Å². The second-order valence-electron chi connectivity index (χ2n) is 10.7. The fourth-order valence-corrected chi connectivity index (χ4v) is 5.36. The number of aryl methyl sites for hydroxylation is 2. The molecular weight excluding hydrogens is 679 g/mol. The minimum absolute atomic E-state index is 0. The number of aromatic nitrogens is 1. The summed E-state index contributed by atoms with van der Waals surface area (Å²) in [5, 5.41) is 14.9. The van der Waals surface area contributed by atoms with Crippen molar-refractivity contribution in [3.8, 4) is 11.3 Å². The number of rotatable bonds is 8. The summed E-state index contributed by atoms with van der Waals surface area (Å²) >= 11 is 1.75. The fourth-order valence-electron chi connectivity index (χ4n) is 4.45. The Labute approximate surface area is 253 Å². The van der Waals surface area contributed by atoms with E-state index in [4.69, 9.17) is 6.35 Å². The number of pyridine rings is 1. The van der Waals surface area contributed by atoms with Crippen molar-refractivity contribution in [2.45, 2.75) is 81.1 Å². The summed E-state index contributed by atoms with van der Waals surface area (Å²) in [5.41, 5.74) is 4.59. The Morgan fingerprint density at radius 3 is 2.21 bits per heavy atom. The van der Waals surface area contributed by atoms with Crippen molar-refractivity contribution in [1.82, 2.24) is 4.98 Å². The zero-order valence-electron chi connectivity index (χ0n) is 25.5. The molecule has 0 amide bonds. The number of benzene rings is 2. The molecule has 5 heteroatoms. The molecule has 0 saturated heterocycles. The Morgan fingerprint density at radius 2 is 1.62 bits per heavy atom. The van der Waals surface area contributed by atoms with E-state index >= 15 is 0 Å². The summed E-state index contributed by atoms with van der Waals surface area (Å²) in [6.45, 7) is 15.8. The van der Waals surface area contributed by atoms with E-state index in [9.17, 15) is 9.90 Å². The maximum Gasteiger partial charge on any atom is 0.164 e. The first-order chi connectivity index (χ1) is 18.4. The zero-order chi connectivity index (χ0) is 29.0. The molecule has 0 fully saturated rings. The predicted molar refractivity (Wildman–Crippen MR) is 164 cm³/mol. The summed E-state index contributed by atoms with van der Waals surface area (Å²) < 4.78 is 9.23. The van der Waals surface area contributed by atoms with Crippen LogP contribution in [0.4, 0.5) is 0 Å². The number of ketones is 1. The van der Waals surface area contributed by atoms with Gasteiger partial charge in [0.05, 0.1) is 6.89 Å². The number of allylic oxidation sites excluding steroid dienone is 2. The molecule has 0 unspecified atom stereocenters. The Hall–Kier alpha value is -2.33. The summed E-state index contributed by atoms with van der Waals surface area (Å²) in [5.74, 6) is -0.288. The maximum absolute atomic E-state index is 12.3. The SMILES string of the molecule is Cc1[c-]c(-c2nc3ccccc3c3ccsc23)cc(C)c1.[2H]/C(C(=O)C(C)(CC)CC)=C(/O)C(C)(CC)CC.[Ir]. The number of hydrogen-bond acceptors (Lipinski definition) is 4. The van der Waals surface area contributed by atoms with Crippen molar-refractivity contribution in [3.63, 3.8) is 0 Å². The molecule has 0 aliphatic carbocycles. The van der Waals surface area contributed by atoms with Crippen LogP contribution in [-0.4, -0.2) is 15.9 Å². The third kappa shape index (κ3) is 7.25. The first-order valence-electron chi connectivity index (χ1n) is 14.2. The number of hydrogen-bond donors (Lipinski definition) is 1. The van der Waals surface area contributed by atoms with Gasteiger partial charge in [-0.2, -0.15) is 11.3 Å². The van der Waals surface area contributed by atoms with E-state index in [1.165, 1.54) is 21.0 Å². The van der Waals surface area contributed by atoms with E-state index in [2.05, 4.69) is 61.7 Å². The number of aliphatic hydroxyl groups is 1. The van der Waals surface area contributed by atoms with Crippen LogP contribution in [0.25, 0.3) is 32.2 Å². The van der Waals surface area contributed by atoms with Crippen LogP contribution >= 0.6 is 11.3 Å². The Balaban J connectivity index is 0.000000278. The topological polar surface area (TPSA) is 50.2 Å². The molecule has 0 aliphatic heterocycles. The number of aliphatic hydroxyl groups excluding tert-OH is 1. The third-order valence-electron chi connectivity index (χ3n) is 8.18. The smallest absolute Gasteiger partial charge is 0.164 e. The summed E-state index contributed by atoms with van der Waals surface area (Å²) in [6.07, 6.45) is 2.82. The largest absolute Gasteiger partial charge is 0.512 e. The van der Waals surface area contributed by atoms with Crippen LogP contribution < -0.4 is 0 Å². The van der Waals surface area contributed by atoms with Gasteiger partial charge in [0.15, 0.2) is 5.78 Å². The molecule has 0 bridgehead atoms. The molecule has 1 N–H and O–H groups in total. The molecule has 0 aliphatic rings. The van der Waals surface area contributed by atoms with Gasteiger partial charge in [-0.15, -0.1) is 34.9 Å².